The Bertz CT molecular complexity index is 1270. The van der Waals surface area contributed by atoms with Gasteiger partial charge in [-0.3, -0.25) is 9.59 Å². The normalized spacial score (nSPS) is 16.4. The van der Waals surface area contributed by atoms with E-state index in [9.17, 15) is 9.59 Å². The van der Waals surface area contributed by atoms with Gasteiger partial charge in [0.05, 0.1) is 11.3 Å². The maximum Gasteiger partial charge on any atom is 0.255 e. The number of hydrogen-bond acceptors (Lipinski definition) is 2. The molecule has 3 aromatic rings. The molecular formula is C31H36ClN3O2. The van der Waals surface area contributed by atoms with Crippen molar-refractivity contribution in [1.82, 2.24) is 14.4 Å². The molecule has 6 heteroatoms. The van der Waals surface area contributed by atoms with Crippen LogP contribution in [0.4, 0.5) is 0 Å². The Labute approximate surface area is 225 Å². The average Bonchev–Trinajstić information content (AvgIpc) is 3.56. The highest BCUT2D eigenvalue weighted by molar-refractivity contribution is 6.30. The highest BCUT2D eigenvalue weighted by Gasteiger charge is 2.28. The summed E-state index contributed by atoms with van der Waals surface area (Å²) in [5, 5.41) is 0.682. The molecule has 1 aliphatic heterocycles. The molecule has 5 nitrogen and oxygen atoms in total. The van der Waals surface area contributed by atoms with Crippen LogP contribution in [-0.2, 0) is 4.79 Å². The highest BCUT2D eigenvalue weighted by atomic mass is 35.5. The van der Waals surface area contributed by atoms with Crippen LogP contribution in [0.5, 0.6) is 0 Å². The second-order valence-corrected chi connectivity index (χ2v) is 11.0. The first-order valence-electron chi connectivity index (χ1n) is 13.5. The number of halogens is 1. The summed E-state index contributed by atoms with van der Waals surface area (Å²) < 4.78 is 2.18. The van der Waals surface area contributed by atoms with Gasteiger partial charge in [-0.25, -0.2) is 0 Å². The molecule has 1 saturated heterocycles. The number of carbonyl (C=O) groups is 2. The predicted molar refractivity (Wildman–Crippen MR) is 149 cm³/mol. The van der Waals surface area contributed by atoms with E-state index >= 15 is 0 Å². The zero-order chi connectivity index (χ0) is 25.9. The van der Waals surface area contributed by atoms with Gasteiger partial charge in [-0.05, 0) is 61.6 Å². The minimum atomic E-state index is 0.0260. The van der Waals surface area contributed by atoms with Crippen LogP contribution in [0.3, 0.4) is 0 Å². The zero-order valence-corrected chi connectivity index (χ0v) is 22.6. The fourth-order valence-corrected chi connectivity index (χ4v) is 6.02. The van der Waals surface area contributed by atoms with Crippen LogP contribution in [-0.4, -0.2) is 52.4 Å². The number of carbonyl (C=O) groups excluding carboxylic acids is 2. The Morgan fingerprint density at radius 3 is 2.22 bits per heavy atom. The Hall–Kier alpha value is -3.05. The first kappa shape index (κ1) is 25.6. The molecule has 2 fully saturated rings. The standard InChI is InChI=1S/C31H36ClN3O2/c1-22-7-3-6-10-28(22)35-23(2)27(21-29(35)25-12-14-26(32)15-13-25)31(37)34-19-17-33(18-20-34)30(36)16-11-24-8-4-5-9-24/h3,6-7,10,12-15,21,24H,4-5,8-9,11,16-20H2,1-2H3. The molecule has 2 aromatic carbocycles. The monoisotopic (exact) mass is 517 g/mol. The molecule has 0 N–H and O–H groups in total. The van der Waals surface area contributed by atoms with Gasteiger partial charge in [0.2, 0.25) is 5.91 Å². The SMILES string of the molecule is Cc1ccccc1-n1c(-c2ccc(Cl)cc2)cc(C(=O)N2CCN(C(=O)CCC3CCCC3)CC2)c1C. The molecule has 1 aromatic heterocycles. The molecular weight excluding hydrogens is 482 g/mol. The highest BCUT2D eigenvalue weighted by Crippen LogP contribution is 2.33. The third-order valence-corrected chi connectivity index (χ3v) is 8.39. The molecule has 2 heterocycles. The van der Waals surface area contributed by atoms with Gasteiger partial charge in [0.15, 0.2) is 0 Å². The van der Waals surface area contributed by atoms with E-state index in [2.05, 4.69) is 23.6 Å². The van der Waals surface area contributed by atoms with Crippen LogP contribution in [0.1, 0.15) is 60.1 Å². The molecule has 1 saturated carbocycles. The summed E-state index contributed by atoms with van der Waals surface area (Å²) in [5.41, 5.74) is 5.79. The predicted octanol–water partition coefficient (Wildman–Crippen LogP) is 6.67. The van der Waals surface area contributed by atoms with E-state index in [1.54, 1.807) is 0 Å². The minimum absolute atomic E-state index is 0.0260. The summed E-state index contributed by atoms with van der Waals surface area (Å²) >= 11 is 6.16. The van der Waals surface area contributed by atoms with E-state index in [1.807, 2.05) is 59.2 Å². The first-order chi connectivity index (χ1) is 17.9. The summed E-state index contributed by atoms with van der Waals surface area (Å²) in [6, 6.07) is 18.0. The summed E-state index contributed by atoms with van der Waals surface area (Å²) in [6.07, 6.45) is 6.82. The van der Waals surface area contributed by atoms with Crippen molar-refractivity contribution in [2.24, 2.45) is 5.92 Å². The van der Waals surface area contributed by atoms with Gasteiger partial charge >= 0.3 is 0 Å². The van der Waals surface area contributed by atoms with Crippen molar-refractivity contribution >= 4 is 23.4 Å². The molecule has 5 rings (SSSR count). The molecule has 0 unspecified atom stereocenters. The smallest absolute Gasteiger partial charge is 0.255 e. The van der Waals surface area contributed by atoms with Gasteiger partial charge in [0.25, 0.3) is 5.91 Å². The topological polar surface area (TPSA) is 45.6 Å². The van der Waals surface area contributed by atoms with E-state index in [0.29, 0.717) is 43.2 Å². The van der Waals surface area contributed by atoms with E-state index in [0.717, 1.165) is 40.5 Å². The zero-order valence-electron chi connectivity index (χ0n) is 21.9. The molecule has 0 atom stereocenters. The maximum atomic E-state index is 13.8. The number of piperazine rings is 1. The third-order valence-electron chi connectivity index (χ3n) is 8.13. The van der Waals surface area contributed by atoms with Crippen LogP contribution < -0.4 is 0 Å². The molecule has 194 valence electrons. The van der Waals surface area contributed by atoms with Crippen LogP contribution in [0.15, 0.2) is 54.6 Å². The fraction of sp³-hybridized carbons (Fsp3) is 0.419. The molecule has 2 amide bonds. The second-order valence-electron chi connectivity index (χ2n) is 10.5. The first-order valence-corrected chi connectivity index (χ1v) is 13.9. The van der Waals surface area contributed by atoms with Crippen molar-refractivity contribution in [3.63, 3.8) is 0 Å². The van der Waals surface area contributed by atoms with Gasteiger partial charge in [-0.1, -0.05) is 67.6 Å². The average molecular weight is 518 g/mol. The molecule has 1 aliphatic carbocycles. The van der Waals surface area contributed by atoms with E-state index < -0.39 is 0 Å². The van der Waals surface area contributed by atoms with Crippen molar-refractivity contribution in [1.29, 1.82) is 0 Å². The van der Waals surface area contributed by atoms with Crippen molar-refractivity contribution in [2.75, 3.05) is 26.2 Å². The number of benzene rings is 2. The van der Waals surface area contributed by atoms with Crippen molar-refractivity contribution < 1.29 is 9.59 Å². The van der Waals surface area contributed by atoms with Gasteiger partial charge in [-0.2, -0.15) is 0 Å². The van der Waals surface area contributed by atoms with Crippen LogP contribution in [0, 0.1) is 19.8 Å². The Balaban J connectivity index is 1.35. The quantitative estimate of drug-likeness (QED) is 0.366. The Kier molecular flexibility index (Phi) is 7.71. The molecule has 0 radical (unpaired) electrons. The number of rotatable bonds is 6. The molecule has 2 aliphatic rings. The van der Waals surface area contributed by atoms with Gasteiger partial charge < -0.3 is 14.4 Å². The summed E-state index contributed by atoms with van der Waals surface area (Å²) in [5.74, 6) is 0.992. The second kappa shape index (κ2) is 11.1. The Morgan fingerprint density at radius 1 is 0.892 bits per heavy atom. The summed E-state index contributed by atoms with van der Waals surface area (Å²) in [7, 11) is 0. The molecule has 0 bridgehead atoms. The Morgan fingerprint density at radius 2 is 1.54 bits per heavy atom. The number of amides is 2. The van der Waals surface area contributed by atoms with Crippen LogP contribution in [0.2, 0.25) is 5.02 Å². The van der Waals surface area contributed by atoms with Crippen LogP contribution >= 0.6 is 11.6 Å². The van der Waals surface area contributed by atoms with Crippen LogP contribution in [0.25, 0.3) is 16.9 Å². The van der Waals surface area contributed by atoms with E-state index in [-0.39, 0.29) is 11.8 Å². The van der Waals surface area contributed by atoms with Gasteiger partial charge in [-0.15, -0.1) is 0 Å². The maximum absolute atomic E-state index is 13.8. The van der Waals surface area contributed by atoms with Crippen molar-refractivity contribution in [3.05, 3.63) is 76.4 Å². The van der Waals surface area contributed by atoms with Gasteiger partial charge in [0.1, 0.15) is 0 Å². The molecule has 37 heavy (non-hydrogen) atoms. The number of aromatic nitrogens is 1. The number of nitrogens with zero attached hydrogens (tertiary/aromatic N) is 3. The third kappa shape index (κ3) is 5.47. The van der Waals surface area contributed by atoms with Crippen molar-refractivity contribution in [3.8, 4) is 16.9 Å². The number of para-hydroxylation sites is 1. The lowest BCUT2D eigenvalue weighted by molar-refractivity contribution is -0.133. The van der Waals surface area contributed by atoms with E-state index in [1.165, 1.54) is 25.7 Å². The lowest BCUT2D eigenvalue weighted by atomic mass is 10.0. The summed E-state index contributed by atoms with van der Waals surface area (Å²) in [6.45, 7) is 6.46. The largest absolute Gasteiger partial charge is 0.339 e. The van der Waals surface area contributed by atoms with Gasteiger partial charge in [0, 0.05) is 49.0 Å². The van der Waals surface area contributed by atoms with E-state index in [4.69, 9.17) is 11.6 Å². The number of hydrogen-bond donors (Lipinski definition) is 0. The number of aryl methyl sites for hydroxylation is 1. The lowest BCUT2D eigenvalue weighted by Crippen LogP contribution is -2.50. The summed E-state index contributed by atoms with van der Waals surface area (Å²) in [4.78, 5) is 30.4. The van der Waals surface area contributed by atoms with Crippen molar-refractivity contribution in [2.45, 2.75) is 52.4 Å². The fourth-order valence-electron chi connectivity index (χ4n) is 5.90. The minimum Gasteiger partial charge on any atom is -0.339 e. The molecule has 0 spiro atoms. The lowest BCUT2D eigenvalue weighted by Gasteiger charge is -2.35.